The molecule has 1 amide bonds. The molecule has 0 bridgehead atoms. The molecular weight excluding hydrogens is 396 g/mol. The summed E-state index contributed by atoms with van der Waals surface area (Å²) in [5.74, 6) is -0.0484. The standard InChI is InChI=1S/C21H23ClN2O5/c1-11-7-12(2)23-20(26)15(11)9-24-5-3-14-16(25)8-17(19(22)18(14)21(24)27)29-13-4-6-28-10-13/h7-8,13,25H,3-6,9-10H2,1-2H3,(H,23,26)/t13-/m1/s1. The van der Waals surface area contributed by atoms with Gasteiger partial charge in [0.2, 0.25) is 0 Å². The summed E-state index contributed by atoms with van der Waals surface area (Å²) in [4.78, 5) is 29.9. The van der Waals surface area contributed by atoms with E-state index in [1.807, 2.05) is 19.9 Å². The SMILES string of the molecule is Cc1cc(C)c(CN2CCc3c(O)cc(O[C@@H]4CCOC4)c(Cl)c3C2=O)c(=O)[nH]1. The Morgan fingerprint density at radius 3 is 2.83 bits per heavy atom. The van der Waals surface area contributed by atoms with Gasteiger partial charge >= 0.3 is 0 Å². The topological polar surface area (TPSA) is 91.9 Å². The summed E-state index contributed by atoms with van der Waals surface area (Å²) < 4.78 is 11.2. The number of phenols is 1. The lowest BCUT2D eigenvalue weighted by molar-refractivity contribution is 0.0723. The molecule has 2 aliphatic heterocycles. The molecule has 1 atom stereocenters. The van der Waals surface area contributed by atoms with E-state index in [-0.39, 0.29) is 46.2 Å². The van der Waals surface area contributed by atoms with Crippen molar-refractivity contribution in [2.45, 2.75) is 39.3 Å². The molecule has 2 N–H and O–H groups in total. The first kappa shape index (κ1) is 19.8. The van der Waals surface area contributed by atoms with E-state index >= 15 is 0 Å². The van der Waals surface area contributed by atoms with Gasteiger partial charge in [-0.1, -0.05) is 11.6 Å². The average Bonchev–Trinajstić information content (AvgIpc) is 3.16. The molecule has 4 rings (SSSR count). The minimum atomic E-state index is -0.320. The number of halogens is 1. The van der Waals surface area contributed by atoms with Crippen molar-refractivity contribution in [3.63, 3.8) is 0 Å². The summed E-state index contributed by atoms with van der Waals surface area (Å²) >= 11 is 6.53. The molecule has 3 heterocycles. The first-order chi connectivity index (χ1) is 13.8. The van der Waals surface area contributed by atoms with Crippen LogP contribution in [0.1, 0.15) is 39.2 Å². The predicted octanol–water partition coefficient (Wildman–Crippen LogP) is 2.72. The minimum Gasteiger partial charge on any atom is -0.508 e. The van der Waals surface area contributed by atoms with Crippen LogP contribution in [0, 0.1) is 13.8 Å². The number of aromatic hydroxyl groups is 1. The summed E-state index contributed by atoms with van der Waals surface area (Å²) in [7, 11) is 0. The molecule has 1 aromatic heterocycles. The first-order valence-electron chi connectivity index (χ1n) is 9.62. The van der Waals surface area contributed by atoms with E-state index in [4.69, 9.17) is 21.1 Å². The van der Waals surface area contributed by atoms with Crippen molar-refractivity contribution in [2.75, 3.05) is 19.8 Å². The molecule has 0 unspecified atom stereocenters. The highest BCUT2D eigenvalue weighted by molar-refractivity contribution is 6.35. The van der Waals surface area contributed by atoms with E-state index in [1.165, 1.54) is 6.07 Å². The summed E-state index contributed by atoms with van der Waals surface area (Å²) in [5, 5.41) is 10.6. The van der Waals surface area contributed by atoms with Gasteiger partial charge in [0, 0.05) is 35.9 Å². The summed E-state index contributed by atoms with van der Waals surface area (Å²) in [5.41, 5.74) is 2.71. The Kier molecular flexibility index (Phi) is 5.27. The molecule has 7 nitrogen and oxygen atoms in total. The van der Waals surface area contributed by atoms with Gasteiger partial charge < -0.3 is 24.5 Å². The molecule has 0 saturated carbocycles. The number of fused-ring (bicyclic) bond motifs is 1. The quantitative estimate of drug-likeness (QED) is 0.796. The van der Waals surface area contributed by atoms with Crippen LogP contribution in [0.25, 0.3) is 0 Å². The summed E-state index contributed by atoms with van der Waals surface area (Å²) in [6, 6.07) is 3.35. The van der Waals surface area contributed by atoms with Gasteiger partial charge in [0.05, 0.1) is 30.3 Å². The molecule has 1 saturated heterocycles. The van der Waals surface area contributed by atoms with Gasteiger partial charge in [0.15, 0.2) is 0 Å². The number of phenolic OH excluding ortho intramolecular Hbond substituents is 1. The number of hydrogen-bond acceptors (Lipinski definition) is 5. The third-order valence-corrected chi connectivity index (χ3v) is 5.85. The monoisotopic (exact) mass is 418 g/mol. The molecule has 0 radical (unpaired) electrons. The first-order valence-corrected chi connectivity index (χ1v) is 10.0. The van der Waals surface area contributed by atoms with Crippen LogP contribution in [-0.2, 0) is 17.7 Å². The van der Waals surface area contributed by atoms with Crippen molar-refractivity contribution < 1.29 is 19.4 Å². The highest BCUT2D eigenvalue weighted by Gasteiger charge is 2.32. The Bertz CT molecular complexity index is 1030. The Morgan fingerprint density at radius 1 is 1.34 bits per heavy atom. The van der Waals surface area contributed by atoms with Gasteiger partial charge in [-0.3, -0.25) is 9.59 Å². The van der Waals surface area contributed by atoms with Crippen molar-refractivity contribution in [1.29, 1.82) is 0 Å². The fourth-order valence-corrected chi connectivity index (χ4v) is 4.23. The molecule has 29 heavy (non-hydrogen) atoms. The number of nitrogens with zero attached hydrogens (tertiary/aromatic N) is 1. The summed E-state index contributed by atoms with van der Waals surface area (Å²) in [6.07, 6.45) is 1.01. The predicted molar refractivity (Wildman–Crippen MR) is 108 cm³/mol. The second kappa shape index (κ2) is 7.72. The lowest BCUT2D eigenvalue weighted by atomic mass is 9.96. The van der Waals surface area contributed by atoms with Crippen LogP contribution in [0.3, 0.4) is 0 Å². The lowest BCUT2D eigenvalue weighted by Gasteiger charge is -2.30. The van der Waals surface area contributed by atoms with Gasteiger partial charge in [-0.2, -0.15) is 0 Å². The average molecular weight is 419 g/mol. The Labute approximate surface area is 173 Å². The van der Waals surface area contributed by atoms with Gasteiger partial charge in [0.25, 0.3) is 11.5 Å². The van der Waals surface area contributed by atoms with Gasteiger partial charge in [0.1, 0.15) is 17.6 Å². The molecule has 2 aromatic rings. The number of H-pyrrole nitrogens is 1. The van der Waals surface area contributed by atoms with E-state index < -0.39 is 0 Å². The molecule has 8 heteroatoms. The number of rotatable bonds is 4. The van der Waals surface area contributed by atoms with Crippen molar-refractivity contribution in [3.05, 3.63) is 55.5 Å². The van der Waals surface area contributed by atoms with Crippen molar-refractivity contribution in [1.82, 2.24) is 9.88 Å². The number of nitrogens with one attached hydrogen (secondary N) is 1. The zero-order valence-electron chi connectivity index (χ0n) is 16.4. The zero-order chi connectivity index (χ0) is 20.7. The molecule has 2 aliphatic rings. The summed E-state index contributed by atoms with van der Waals surface area (Å²) in [6.45, 7) is 5.30. The second-order valence-electron chi connectivity index (χ2n) is 7.58. The minimum absolute atomic E-state index is 0.00400. The number of benzene rings is 1. The molecule has 1 aromatic carbocycles. The van der Waals surface area contributed by atoms with E-state index in [1.54, 1.807) is 4.90 Å². The lowest BCUT2D eigenvalue weighted by Crippen LogP contribution is -2.39. The van der Waals surface area contributed by atoms with E-state index in [9.17, 15) is 14.7 Å². The van der Waals surface area contributed by atoms with E-state index in [0.717, 1.165) is 17.7 Å². The van der Waals surface area contributed by atoms with Gasteiger partial charge in [-0.05, 0) is 31.9 Å². The Morgan fingerprint density at radius 2 is 2.14 bits per heavy atom. The molecule has 154 valence electrons. The van der Waals surface area contributed by atoms with Crippen molar-refractivity contribution in [2.24, 2.45) is 0 Å². The number of aromatic nitrogens is 1. The number of aromatic amines is 1. The van der Waals surface area contributed by atoms with E-state index in [0.29, 0.717) is 37.3 Å². The zero-order valence-corrected chi connectivity index (χ0v) is 17.1. The number of pyridine rings is 1. The molecule has 1 fully saturated rings. The maximum absolute atomic E-state index is 13.2. The maximum atomic E-state index is 13.2. The number of amides is 1. The molecule has 0 spiro atoms. The second-order valence-corrected chi connectivity index (χ2v) is 7.96. The van der Waals surface area contributed by atoms with Crippen LogP contribution in [0.5, 0.6) is 11.5 Å². The third-order valence-electron chi connectivity index (χ3n) is 5.47. The van der Waals surface area contributed by atoms with Crippen LogP contribution in [0.4, 0.5) is 0 Å². The fraction of sp³-hybridized carbons (Fsp3) is 0.429. The highest BCUT2D eigenvalue weighted by atomic mass is 35.5. The smallest absolute Gasteiger partial charge is 0.256 e. The fourth-order valence-electron chi connectivity index (χ4n) is 3.93. The number of aryl methyl sites for hydroxylation is 2. The third kappa shape index (κ3) is 3.72. The van der Waals surface area contributed by atoms with Crippen molar-refractivity contribution >= 4 is 17.5 Å². The van der Waals surface area contributed by atoms with Gasteiger partial charge in [-0.15, -0.1) is 0 Å². The number of ether oxygens (including phenoxy) is 2. The maximum Gasteiger partial charge on any atom is 0.256 e. The number of carbonyl (C=O) groups is 1. The highest BCUT2D eigenvalue weighted by Crippen LogP contribution is 2.40. The van der Waals surface area contributed by atoms with Crippen molar-refractivity contribution in [3.8, 4) is 11.5 Å². The van der Waals surface area contributed by atoms with E-state index in [2.05, 4.69) is 4.98 Å². The molecular formula is C21H23ClN2O5. The Balaban J connectivity index is 1.66. The van der Waals surface area contributed by atoms with Crippen LogP contribution < -0.4 is 10.3 Å². The normalized spacial score (nSPS) is 18.8. The van der Waals surface area contributed by atoms with Crippen LogP contribution in [0.15, 0.2) is 16.9 Å². The van der Waals surface area contributed by atoms with Gasteiger partial charge in [-0.25, -0.2) is 0 Å². The molecule has 0 aliphatic carbocycles. The van der Waals surface area contributed by atoms with Crippen LogP contribution >= 0.6 is 11.6 Å². The number of carbonyl (C=O) groups excluding carboxylic acids is 1. The van der Waals surface area contributed by atoms with Crippen LogP contribution in [-0.4, -0.2) is 46.8 Å². The van der Waals surface area contributed by atoms with Crippen LogP contribution in [0.2, 0.25) is 5.02 Å². The number of hydrogen-bond donors (Lipinski definition) is 2. The Hall–Kier alpha value is -2.51. The largest absolute Gasteiger partial charge is 0.508 e.